The first-order valence-corrected chi connectivity index (χ1v) is 14.4. The van der Waals surface area contributed by atoms with Crippen LogP contribution in [-0.4, -0.2) is 57.9 Å². The number of anilines is 1. The van der Waals surface area contributed by atoms with E-state index in [1.165, 1.54) is 36.7 Å². The molecule has 0 saturated carbocycles. The van der Waals surface area contributed by atoms with Gasteiger partial charge in [-0.2, -0.15) is 5.01 Å². The van der Waals surface area contributed by atoms with Crippen LogP contribution in [0.15, 0.2) is 58.8 Å². The molecule has 6 rings (SSSR count). The number of rotatable bonds is 8. The molecule has 0 spiro atoms. The largest absolute Gasteiger partial charge is 0.492 e. The highest BCUT2D eigenvalue weighted by molar-refractivity contribution is 7.18. The Balaban J connectivity index is 0.00000308. The number of likely N-dealkylation sites (tertiary alicyclic amines) is 1. The standard InChI is InChI=1S/C28H27N5O3S2.ClH/c1-18-16-23(34)33(28(18)35)31-26-24-21(22-6-5-15-37-22)17-38-27(24)30-25(29-26)19-7-9-20(10-8-19)36-14-13-32-11-3-2-4-12-32;/h5-10,15-17H,2-4,11-14H2,1H3,(H,29,30,31);1H. The van der Waals surface area contributed by atoms with Gasteiger partial charge in [-0.25, -0.2) is 9.97 Å². The maximum Gasteiger partial charge on any atom is 0.275 e. The van der Waals surface area contributed by atoms with Crippen LogP contribution in [0.25, 0.3) is 32.0 Å². The van der Waals surface area contributed by atoms with Crippen LogP contribution in [-0.2, 0) is 9.59 Å². The van der Waals surface area contributed by atoms with Gasteiger partial charge >= 0.3 is 0 Å². The molecular weight excluding hydrogens is 554 g/mol. The summed E-state index contributed by atoms with van der Waals surface area (Å²) in [6, 6.07) is 11.8. The number of benzene rings is 1. The van der Waals surface area contributed by atoms with Gasteiger partial charge in [0.2, 0.25) is 0 Å². The molecule has 0 unspecified atom stereocenters. The monoisotopic (exact) mass is 581 g/mol. The third-order valence-corrected chi connectivity index (χ3v) is 8.55. The number of amides is 2. The van der Waals surface area contributed by atoms with Crippen LogP contribution in [0.3, 0.4) is 0 Å². The fourth-order valence-corrected chi connectivity index (χ4v) is 6.50. The lowest BCUT2D eigenvalue weighted by Gasteiger charge is -2.26. The van der Waals surface area contributed by atoms with Gasteiger partial charge < -0.3 is 4.74 Å². The summed E-state index contributed by atoms with van der Waals surface area (Å²) in [5.74, 6) is 0.919. The minimum Gasteiger partial charge on any atom is -0.492 e. The second kappa shape index (κ2) is 11.8. The van der Waals surface area contributed by atoms with Crippen molar-refractivity contribution in [2.45, 2.75) is 26.2 Å². The third-order valence-electron chi connectivity index (χ3n) is 6.78. The topological polar surface area (TPSA) is 87.7 Å². The SMILES string of the molecule is CC1=CC(=O)N(Nc2nc(-c3ccc(OCCN4CCCCC4)cc3)nc3scc(-c4cccs4)c23)C1=O.Cl. The van der Waals surface area contributed by atoms with Crippen LogP contribution in [0.4, 0.5) is 5.82 Å². The summed E-state index contributed by atoms with van der Waals surface area (Å²) in [5, 5.41) is 5.84. The van der Waals surface area contributed by atoms with Crippen LogP contribution in [0.2, 0.25) is 0 Å². The molecule has 1 N–H and O–H groups in total. The maximum atomic E-state index is 12.6. The highest BCUT2D eigenvalue weighted by Gasteiger charge is 2.30. The fraction of sp³-hybridized carbons (Fsp3) is 0.286. The molecule has 2 amide bonds. The van der Waals surface area contributed by atoms with Gasteiger partial charge in [-0.15, -0.1) is 35.1 Å². The summed E-state index contributed by atoms with van der Waals surface area (Å²) >= 11 is 3.12. The molecule has 0 atom stereocenters. The zero-order chi connectivity index (χ0) is 26.1. The molecule has 1 fully saturated rings. The van der Waals surface area contributed by atoms with Gasteiger partial charge in [-0.1, -0.05) is 12.5 Å². The molecule has 4 aromatic rings. The number of nitrogens with one attached hydrogen (secondary N) is 1. The van der Waals surface area contributed by atoms with Gasteiger partial charge in [0.15, 0.2) is 11.6 Å². The second-order valence-corrected chi connectivity index (χ2v) is 11.2. The summed E-state index contributed by atoms with van der Waals surface area (Å²) in [7, 11) is 0. The molecule has 2 aliphatic rings. The molecule has 39 heavy (non-hydrogen) atoms. The van der Waals surface area contributed by atoms with E-state index >= 15 is 0 Å². The van der Waals surface area contributed by atoms with E-state index < -0.39 is 5.91 Å². The number of nitrogens with zero attached hydrogens (tertiary/aromatic N) is 4. The first-order chi connectivity index (χ1) is 18.6. The Labute approximate surface area is 240 Å². The number of aromatic nitrogens is 2. The molecule has 0 radical (unpaired) electrons. The molecule has 0 bridgehead atoms. The number of ether oxygens (including phenoxy) is 1. The minimum atomic E-state index is -0.417. The number of halogens is 1. The van der Waals surface area contributed by atoms with Crippen molar-refractivity contribution in [3.8, 4) is 27.6 Å². The van der Waals surface area contributed by atoms with E-state index in [0.717, 1.165) is 56.6 Å². The summed E-state index contributed by atoms with van der Waals surface area (Å²) in [4.78, 5) is 39.0. The van der Waals surface area contributed by atoms with E-state index in [1.54, 1.807) is 18.3 Å². The zero-order valence-electron chi connectivity index (χ0n) is 21.4. The van der Waals surface area contributed by atoms with Gasteiger partial charge in [-0.3, -0.25) is 19.9 Å². The number of hydrogen-bond acceptors (Lipinski definition) is 9. The highest BCUT2D eigenvalue weighted by atomic mass is 35.5. The van der Waals surface area contributed by atoms with Gasteiger partial charge in [-0.05, 0) is 68.6 Å². The molecular formula is C28H28ClN5O3S2. The predicted octanol–water partition coefficient (Wildman–Crippen LogP) is 6.02. The average Bonchev–Trinajstić information content (AvgIpc) is 3.67. The predicted molar refractivity (Wildman–Crippen MR) is 158 cm³/mol. The molecule has 1 saturated heterocycles. The molecule has 1 aromatic carbocycles. The molecule has 2 aliphatic heterocycles. The lowest BCUT2D eigenvalue weighted by atomic mass is 10.1. The smallest absolute Gasteiger partial charge is 0.275 e. The molecule has 8 nitrogen and oxygen atoms in total. The average molecular weight is 582 g/mol. The molecule has 3 aromatic heterocycles. The van der Waals surface area contributed by atoms with E-state index in [1.807, 2.05) is 47.2 Å². The highest BCUT2D eigenvalue weighted by Crippen LogP contribution is 2.40. The van der Waals surface area contributed by atoms with Crippen molar-refractivity contribution in [3.63, 3.8) is 0 Å². The minimum absolute atomic E-state index is 0. The first kappa shape index (κ1) is 27.3. The van der Waals surface area contributed by atoms with E-state index in [0.29, 0.717) is 23.8 Å². The van der Waals surface area contributed by atoms with Crippen molar-refractivity contribution >= 4 is 62.9 Å². The number of carbonyl (C=O) groups excluding carboxylic acids is 2. The summed E-state index contributed by atoms with van der Waals surface area (Å²) in [6.45, 7) is 5.52. The van der Waals surface area contributed by atoms with Crippen molar-refractivity contribution in [2.75, 3.05) is 31.7 Å². The third kappa shape index (κ3) is 5.69. The normalized spacial score (nSPS) is 15.9. The van der Waals surface area contributed by atoms with Gasteiger partial charge in [0.25, 0.3) is 11.8 Å². The molecule has 202 valence electrons. The Hall–Kier alpha value is -3.31. The molecule has 0 aliphatic carbocycles. The zero-order valence-corrected chi connectivity index (χ0v) is 23.8. The molecule has 11 heteroatoms. The van der Waals surface area contributed by atoms with Crippen molar-refractivity contribution in [1.29, 1.82) is 0 Å². The van der Waals surface area contributed by atoms with Crippen LogP contribution in [0.5, 0.6) is 5.75 Å². The Morgan fingerprint density at radius 1 is 1.03 bits per heavy atom. The maximum absolute atomic E-state index is 12.6. The van der Waals surface area contributed by atoms with E-state index in [4.69, 9.17) is 14.7 Å². The van der Waals surface area contributed by atoms with E-state index in [-0.39, 0.29) is 18.3 Å². The van der Waals surface area contributed by atoms with Gasteiger partial charge in [0.05, 0.1) is 5.39 Å². The lowest BCUT2D eigenvalue weighted by Crippen LogP contribution is -2.36. The lowest BCUT2D eigenvalue weighted by molar-refractivity contribution is -0.135. The van der Waals surface area contributed by atoms with Crippen molar-refractivity contribution in [1.82, 2.24) is 19.9 Å². The number of carbonyl (C=O) groups is 2. The second-order valence-electron chi connectivity index (χ2n) is 9.40. The number of imide groups is 1. The summed E-state index contributed by atoms with van der Waals surface area (Å²) in [5.41, 5.74) is 5.16. The van der Waals surface area contributed by atoms with Crippen molar-refractivity contribution in [2.24, 2.45) is 0 Å². The van der Waals surface area contributed by atoms with E-state index in [2.05, 4.69) is 10.3 Å². The van der Waals surface area contributed by atoms with E-state index in [9.17, 15) is 9.59 Å². The Bertz CT molecular complexity index is 1510. The van der Waals surface area contributed by atoms with Crippen LogP contribution >= 0.6 is 35.1 Å². The number of fused-ring (bicyclic) bond motifs is 1. The Kier molecular flexibility index (Phi) is 8.27. The first-order valence-electron chi connectivity index (χ1n) is 12.7. The van der Waals surface area contributed by atoms with Crippen molar-refractivity contribution < 1.29 is 14.3 Å². The number of hydrazine groups is 1. The quantitative estimate of drug-likeness (QED) is 0.255. The number of hydrogen-bond donors (Lipinski definition) is 1. The summed E-state index contributed by atoms with van der Waals surface area (Å²) in [6.07, 6.45) is 5.19. The van der Waals surface area contributed by atoms with Crippen LogP contribution in [0, 0.1) is 0 Å². The van der Waals surface area contributed by atoms with Crippen LogP contribution in [0.1, 0.15) is 26.2 Å². The van der Waals surface area contributed by atoms with Crippen LogP contribution < -0.4 is 10.2 Å². The number of thiophene rings is 2. The Morgan fingerprint density at radius 2 is 1.82 bits per heavy atom. The van der Waals surface area contributed by atoms with Crippen molar-refractivity contribution in [3.05, 3.63) is 58.8 Å². The fourth-order valence-electron chi connectivity index (χ4n) is 4.74. The summed E-state index contributed by atoms with van der Waals surface area (Å²) < 4.78 is 5.98. The molecule has 5 heterocycles. The van der Waals surface area contributed by atoms with Gasteiger partial charge in [0.1, 0.15) is 17.2 Å². The number of piperidine rings is 1. The van der Waals surface area contributed by atoms with Gasteiger partial charge in [0, 0.05) is 39.6 Å². The Morgan fingerprint density at radius 3 is 2.51 bits per heavy atom.